The second-order valence-corrected chi connectivity index (χ2v) is 13.4. The van der Waals surface area contributed by atoms with Crippen molar-refractivity contribution in [2.24, 2.45) is 0 Å². The third-order valence-electron chi connectivity index (χ3n) is 10.0. The predicted molar refractivity (Wildman–Crippen MR) is 223 cm³/mol. The maximum atomic E-state index is 7.15. The van der Waals surface area contributed by atoms with Gasteiger partial charge >= 0.3 is 0 Å². The number of benzene rings is 7. The monoisotopic (exact) mass is 704 g/mol. The van der Waals surface area contributed by atoms with Gasteiger partial charge in [0.05, 0.1) is 11.3 Å². The molecule has 7 aromatic carbocycles. The van der Waals surface area contributed by atoms with Crippen LogP contribution >= 0.6 is 0 Å². The van der Waals surface area contributed by atoms with E-state index in [1.54, 1.807) is 0 Å². The second kappa shape index (κ2) is 13.8. The summed E-state index contributed by atoms with van der Waals surface area (Å²) in [6.45, 7) is 0. The fraction of sp³-hybridized carbons (Fsp3) is 0. The highest BCUT2D eigenvalue weighted by molar-refractivity contribution is 6.19. The van der Waals surface area contributed by atoms with E-state index in [0.717, 1.165) is 77.7 Å². The van der Waals surface area contributed by atoms with Crippen LogP contribution in [0.4, 0.5) is 0 Å². The highest BCUT2D eigenvalue weighted by Gasteiger charge is 2.23. The molecule has 5 heteroatoms. The summed E-state index contributed by atoms with van der Waals surface area (Å²) in [5.41, 5.74) is 12.6. The molecule has 0 fully saturated rings. The van der Waals surface area contributed by atoms with E-state index in [9.17, 15) is 0 Å². The van der Waals surface area contributed by atoms with Gasteiger partial charge in [-0.1, -0.05) is 158 Å². The Morgan fingerprint density at radius 2 is 0.836 bits per heavy atom. The minimum Gasteiger partial charge on any atom is -0.455 e. The summed E-state index contributed by atoms with van der Waals surface area (Å²) in [7, 11) is 0. The summed E-state index contributed by atoms with van der Waals surface area (Å²) in [4.78, 5) is 19.8. The van der Waals surface area contributed by atoms with Crippen molar-refractivity contribution in [3.05, 3.63) is 194 Å². The van der Waals surface area contributed by atoms with Gasteiger partial charge in [-0.25, -0.2) is 15.0 Å². The summed E-state index contributed by atoms with van der Waals surface area (Å²) < 4.78 is 7.15. The fourth-order valence-electron chi connectivity index (χ4n) is 7.31. The Morgan fingerprint density at radius 1 is 0.327 bits per heavy atom. The lowest BCUT2D eigenvalue weighted by Gasteiger charge is -2.11. The molecule has 10 aromatic rings. The van der Waals surface area contributed by atoms with Crippen LogP contribution in [0.25, 0.3) is 101 Å². The molecule has 3 heterocycles. The number of rotatable bonds is 7. The molecular weight excluding hydrogens is 673 g/mol. The Bertz CT molecular complexity index is 2870. The summed E-state index contributed by atoms with van der Waals surface area (Å²) in [6.07, 6.45) is 1.82. The molecule has 258 valence electrons. The molecule has 0 unspecified atom stereocenters. The number of aromatic nitrogens is 4. The number of furan rings is 1. The van der Waals surface area contributed by atoms with Crippen molar-refractivity contribution < 1.29 is 4.42 Å². The Kier molecular flexibility index (Phi) is 8.08. The number of nitrogens with zero attached hydrogens (tertiary/aromatic N) is 4. The topological polar surface area (TPSA) is 64.7 Å². The van der Waals surface area contributed by atoms with Crippen LogP contribution in [0.15, 0.2) is 199 Å². The third kappa shape index (κ3) is 6.04. The van der Waals surface area contributed by atoms with E-state index in [0.29, 0.717) is 23.1 Å². The standard InChI is InChI=1S/C50H32N4O/c1-5-15-33(16-6-1)39-31-42(34-17-7-2-8-18-34)46-43(32-39)45-40(35-24-26-36(27-25-35)44-23-13-14-30-51-44)28-29-41(47(45)55-46)50-53-48(37-19-9-3-10-20-37)52-49(54-50)38-21-11-4-12-22-38/h1-32H. The van der Waals surface area contributed by atoms with E-state index >= 15 is 0 Å². The van der Waals surface area contributed by atoms with E-state index in [-0.39, 0.29) is 0 Å². The molecule has 5 nitrogen and oxygen atoms in total. The number of pyridine rings is 1. The molecule has 0 spiro atoms. The minimum absolute atomic E-state index is 0.540. The van der Waals surface area contributed by atoms with Crippen LogP contribution in [0, 0.1) is 0 Å². The van der Waals surface area contributed by atoms with Crippen LogP contribution in [-0.4, -0.2) is 19.9 Å². The maximum absolute atomic E-state index is 7.15. The molecule has 0 saturated heterocycles. The lowest BCUT2D eigenvalue weighted by Crippen LogP contribution is -2.00. The largest absolute Gasteiger partial charge is 0.455 e. The van der Waals surface area contributed by atoms with Crippen LogP contribution in [-0.2, 0) is 0 Å². The molecule has 0 saturated carbocycles. The van der Waals surface area contributed by atoms with Gasteiger partial charge in [0.2, 0.25) is 0 Å². The lowest BCUT2D eigenvalue weighted by atomic mass is 9.92. The van der Waals surface area contributed by atoms with Crippen molar-refractivity contribution >= 4 is 21.9 Å². The second-order valence-electron chi connectivity index (χ2n) is 13.4. The molecule has 0 aliphatic heterocycles. The third-order valence-corrected chi connectivity index (χ3v) is 10.0. The van der Waals surface area contributed by atoms with Crippen LogP contribution in [0.5, 0.6) is 0 Å². The van der Waals surface area contributed by atoms with Crippen molar-refractivity contribution in [3.8, 4) is 78.8 Å². The molecule has 0 atom stereocenters. The van der Waals surface area contributed by atoms with E-state index in [1.807, 2.05) is 91.1 Å². The van der Waals surface area contributed by atoms with Gasteiger partial charge in [-0.3, -0.25) is 4.98 Å². The van der Waals surface area contributed by atoms with Crippen LogP contribution in [0.3, 0.4) is 0 Å². The van der Waals surface area contributed by atoms with Gasteiger partial charge in [0.15, 0.2) is 17.5 Å². The summed E-state index contributed by atoms with van der Waals surface area (Å²) in [5, 5.41) is 2.01. The first-order valence-corrected chi connectivity index (χ1v) is 18.3. The van der Waals surface area contributed by atoms with E-state index in [1.165, 1.54) is 0 Å². The molecule has 0 bridgehead atoms. The SMILES string of the molecule is c1ccc(-c2cc(-c3ccccc3)c3oc4c(-c5nc(-c6ccccc6)nc(-c6ccccc6)n5)ccc(-c5ccc(-c6ccccn6)cc5)c4c3c2)cc1. The van der Waals surface area contributed by atoms with Crippen molar-refractivity contribution in [2.75, 3.05) is 0 Å². The molecule has 3 aromatic heterocycles. The smallest absolute Gasteiger partial charge is 0.167 e. The van der Waals surface area contributed by atoms with Crippen LogP contribution in [0.1, 0.15) is 0 Å². The Balaban J connectivity index is 1.28. The Morgan fingerprint density at radius 3 is 1.44 bits per heavy atom. The van der Waals surface area contributed by atoms with Crippen molar-refractivity contribution in [3.63, 3.8) is 0 Å². The zero-order chi connectivity index (χ0) is 36.6. The van der Waals surface area contributed by atoms with E-state index in [4.69, 9.17) is 19.4 Å². The van der Waals surface area contributed by atoms with Gasteiger partial charge in [0, 0.05) is 39.2 Å². The van der Waals surface area contributed by atoms with Gasteiger partial charge in [0.25, 0.3) is 0 Å². The van der Waals surface area contributed by atoms with Gasteiger partial charge in [0.1, 0.15) is 11.2 Å². The molecule has 55 heavy (non-hydrogen) atoms. The van der Waals surface area contributed by atoms with E-state index < -0.39 is 0 Å². The van der Waals surface area contributed by atoms with Gasteiger partial charge < -0.3 is 4.42 Å². The first-order valence-electron chi connectivity index (χ1n) is 18.3. The van der Waals surface area contributed by atoms with Crippen LogP contribution in [0.2, 0.25) is 0 Å². The first kappa shape index (κ1) is 32.2. The average Bonchev–Trinajstić information content (AvgIpc) is 3.67. The zero-order valence-corrected chi connectivity index (χ0v) is 29.7. The van der Waals surface area contributed by atoms with Crippen molar-refractivity contribution in [2.45, 2.75) is 0 Å². The Hall–Kier alpha value is -7.50. The average molecular weight is 705 g/mol. The first-order chi connectivity index (χ1) is 27.3. The summed E-state index contributed by atoms with van der Waals surface area (Å²) in [6, 6.07) is 64.4. The molecule has 0 amide bonds. The molecular formula is C50H32N4O. The van der Waals surface area contributed by atoms with Crippen molar-refractivity contribution in [1.29, 1.82) is 0 Å². The summed E-state index contributed by atoms with van der Waals surface area (Å²) >= 11 is 0. The quantitative estimate of drug-likeness (QED) is 0.165. The predicted octanol–water partition coefficient (Wildman–Crippen LogP) is 12.8. The summed E-state index contributed by atoms with van der Waals surface area (Å²) in [5.74, 6) is 1.73. The Labute approximate surface area is 318 Å². The number of hydrogen-bond donors (Lipinski definition) is 0. The zero-order valence-electron chi connectivity index (χ0n) is 29.7. The van der Waals surface area contributed by atoms with Crippen LogP contribution < -0.4 is 0 Å². The number of fused-ring (bicyclic) bond motifs is 3. The van der Waals surface area contributed by atoms with Gasteiger partial charge in [-0.05, 0) is 58.1 Å². The molecule has 0 aliphatic carbocycles. The van der Waals surface area contributed by atoms with Crippen molar-refractivity contribution in [1.82, 2.24) is 19.9 Å². The lowest BCUT2D eigenvalue weighted by molar-refractivity contribution is 0.670. The normalized spacial score (nSPS) is 11.3. The highest BCUT2D eigenvalue weighted by atomic mass is 16.3. The molecule has 0 radical (unpaired) electrons. The highest BCUT2D eigenvalue weighted by Crippen LogP contribution is 2.46. The minimum atomic E-state index is 0.540. The fourth-order valence-corrected chi connectivity index (χ4v) is 7.31. The number of hydrogen-bond acceptors (Lipinski definition) is 5. The maximum Gasteiger partial charge on any atom is 0.167 e. The van der Waals surface area contributed by atoms with Gasteiger partial charge in [-0.2, -0.15) is 0 Å². The van der Waals surface area contributed by atoms with Gasteiger partial charge in [-0.15, -0.1) is 0 Å². The van der Waals surface area contributed by atoms with E-state index in [2.05, 4.69) is 108 Å². The molecule has 0 aliphatic rings. The molecule has 10 rings (SSSR count). The molecule has 0 N–H and O–H groups in total.